The van der Waals surface area contributed by atoms with Crippen molar-refractivity contribution in [2.24, 2.45) is 0 Å². The molecule has 0 radical (unpaired) electrons. The minimum atomic E-state index is 0.772. The van der Waals surface area contributed by atoms with E-state index in [9.17, 15) is 0 Å². The van der Waals surface area contributed by atoms with E-state index in [0.29, 0.717) is 0 Å². The van der Waals surface area contributed by atoms with Gasteiger partial charge in [0.2, 0.25) is 0 Å². The van der Waals surface area contributed by atoms with Gasteiger partial charge < -0.3 is 9.09 Å². The van der Waals surface area contributed by atoms with E-state index in [0.717, 1.165) is 48.1 Å². The average molecular weight is 246 g/mol. The van der Waals surface area contributed by atoms with E-state index in [1.807, 2.05) is 13.8 Å². The lowest BCUT2D eigenvalue weighted by molar-refractivity contribution is 0.392. The Morgan fingerprint density at radius 1 is 1.17 bits per heavy atom. The normalized spacial score (nSPS) is 15.4. The summed E-state index contributed by atoms with van der Waals surface area (Å²) in [5.41, 5.74) is 2.10. The molecule has 2 aromatic heterocycles. The first-order valence-corrected chi connectivity index (χ1v) is 6.58. The van der Waals surface area contributed by atoms with E-state index in [-0.39, 0.29) is 0 Å². The Morgan fingerprint density at radius 3 is 2.83 bits per heavy atom. The van der Waals surface area contributed by atoms with Gasteiger partial charge in [-0.2, -0.15) is 0 Å². The van der Waals surface area contributed by atoms with Crippen LogP contribution in [-0.4, -0.2) is 19.9 Å². The molecule has 3 rings (SSSR count). The SMILES string of the molecule is Cc1noc(C)c1Cc1nnc2n1CCCCC2. The van der Waals surface area contributed by atoms with Crippen LogP contribution < -0.4 is 0 Å². The third-order valence-electron chi connectivity index (χ3n) is 3.70. The highest BCUT2D eigenvalue weighted by Gasteiger charge is 2.18. The maximum atomic E-state index is 5.21. The van der Waals surface area contributed by atoms with Crippen molar-refractivity contribution in [2.45, 2.75) is 52.5 Å². The summed E-state index contributed by atoms with van der Waals surface area (Å²) in [6, 6.07) is 0. The highest BCUT2D eigenvalue weighted by atomic mass is 16.5. The van der Waals surface area contributed by atoms with Crippen molar-refractivity contribution in [2.75, 3.05) is 0 Å². The van der Waals surface area contributed by atoms with Crippen LogP contribution in [0.25, 0.3) is 0 Å². The molecular formula is C13H18N4O. The van der Waals surface area contributed by atoms with Gasteiger partial charge in [-0.25, -0.2) is 0 Å². The van der Waals surface area contributed by atoms with Gasteiger partial charge in [-0.15, -0.1) is 10.2 Å². The van der Waals surface area contributed by atoms with Gasteiger partial charge in [0.15, 0.2) is 0 Å². The fourth-order valence-corrected chi connectivity index (χ4v) is 2.59. The molecule has 0 N–H and O–H groups in total. The van der Waals surface area contributed by atoms with Crippen LogP contribution in [0.2, 0.25) is 0 Å². The summed E-state index contributed by atoms with van der Waals surface area (Å²) in [6.07, 6.45) is 5.56. The first kappa shape index (κ1) is 11.4. The van der Waals surface area contributed by atoms with Gasteiger partial charge in [-0.3, -0.25) is 0 Å². The molecule has 5 heteroatoms. The molecule has 5 nitrogen and oxygen atoms in total. The third kappa shape index (κ3) is 1.94. The average Bonchev–Trinajstić information content (AvgIpc) is 2.78. The predicted octanol–water partition coefficient (Wildman–Crippen LogP) is 2.20. The molecule has 1 aliphatic heterocycles. The Bertz CT molecular complexity index is 536. The van der Waals surface area contributed by atoms with Crippen molar-refractivity contribution in [1.29, 1.82) is 0 Å². The minimum absolute atomic E-state index is 0.772. The highest BCUT2D eigenvalue weighted by molar-refractivity contribution is 5.25. The number of rotatable bonds is 2. The minimum Gasteiger partial charge on any atom is -0.361 e. The summed E-state index contributed by atoms with van der Waals surface area (Å²) in [4.78, 5) is 0. The van der Waals surface area contributed by atoms with Gasteiger partial charge >= 0.3 is 0 Å². The number of aryl methyl sites for hydroxylation is 3. The first-order valence-electron chi connectivity index (χ1n) is 6.58. The Kier molecular flexibility index (Phi) is 2.89. The summed E-state index contributed by atoms with van der Waals surface area (Å²) >= 11 is 0. The lowest BCUT2D eigenvalue weighted by Gasteiger charge is -2.06. The molecule has 0 fully saturated rings. The molecule has 0 unspecified atom stereocenters. The Morgan fingerprint density at radius 2 is 2.06 bits per heavy atom. The Balaban J connectivity index is 1.92. The topological polar surface area (TPSA) is 56.7 Å². The third-order valence-corrected chi connectivity index (χ3v) is 3.70. The van der Waals surface area contributed by atoms with Crippen LogP contribution in [0.5, 0.6) is 0 Å². The molecule has 0 aliphatic carbocycles. The van der Waals surface area contributed by atoms with Gasteiger partial charge in [0.25, 0.3) is 0 Å². The largest absolute Gasteiger partial charge is 0.361 e. The van der Waals surface area contributed by atoms with E-state index in [1.54, 1.807) is 0 Å². The van der Waals surface area contributed by atoms with Crippen LogP contribution in [-0.2, 0) is 19.4 Å². The van der Waals surface area contributed by atoms with Gasteiger partial charge in [0.1, 0.15) is 17.4 Å². The molecule has 96 valence electrons. The summed E-state index contributed by atoms with van der Waals surface area (Å²) in [7, 11) is 0. The molecule has 0 spiro atoms. The molecule has 0 bridgehead atoms. The maximum Gasteiger partial charge on any atom is 0.137 e. The van der Waals surface area contributed by atoms with Crippen LogP contribution in [0.3, 0.4) is 0 Å². The highest BCUT2D eigenvalue weighted by Crippen LogP contribution is 2.19. The zero-order valence-corrected chi connectivity index (χ0v) is 10.9. The molecule has 0 aromatic carbocycles. The van der Waals surface area contributed by atoms with Crippen molar-refractivity contribution < 1.29 is 4.52 Å². The van der Waals surface area contributed by atoms with Crippen molar-refractivity contribution >= 4 is 0 Å². The fraction of sp³-hybridized carbons (Fsp3) is 0.615. The monoisotopic (exact) mass is 246 g/mol. The quantitative estimate of drug-likeness (QED) is 0.815. The smallest absolute Gasteiger partial charge is 0.137 e. The summed E-state index contributed by atoms with van der Waals surface area (Å²) in [5, 5.41) is 12.7. The summed E-state index contributed by atoms with van der Waals surface area (Å²) in [5.74, 6) is 3.06. The van der Waals surface area contributed by atoms with E-state index >= 15 is 0 Å². The van der Waals surface area contributed by atoms with Crippen LogP contribution in [0.1, 0.15) is 47.9 Å². The molecule has 0 saturated heterocycles. The molecule has 2 aromatic rings. The maximum absolute atomic E-state index is 5.21. The van der Waals surface area contributed by atoms with Gasteiger partial charge in [-0.05, 0) is 26.7 Å². The van der Waals surface area contributed by atoms with Crippen LogP contribution in [0, 0.1) is 13.8 Å². The first-order chi connectivity index (χ1) is 8.75. The second-order valence-electron chi connectivity index (χ2n) is 4.97. The van der Waals surface area contributed by atoms with Gasteiger partial charge in [0, 0.05) is 24.9 Å². The zero-order valence-electron chi connectivity index (χ0n) is 10.9. The van der Waals surface area contributed by atoms with Crippen LogP contribution >= 0.6 is 0 Å². The second kappa shape index (κ2) is 4.55. The lowest BCUT2D eigenvalue weighted by Crippen LogP contribution is -2.07. The summed E-state index contributed by atoms with van der Waals surface area (Å²) in [6.45, 7) is 4.97. The number of fused-ring (bicyclic) bond motifs is 1. The van der Waals surface area contributed by atoms with E-state index in [4.69, 9.17) is 4.52 Å². The molecule has 18 heavy (non-hydrogen) atoms. The van der Waals surface area contributed by atoms with E-state index in [2.05, 4.69) is 19.9 Å². The summed E-state index contributed by atoms with van der Waals surface area (Å²) < 4.78 is 7.48. The molecule has 3 heterocycles. The Hall–Kier alpha value is -1.65. The fourth-order valence-electron chi connectivity index (χ4n) is 2.59. The van der Waals surface area contributed by atoms with Crippen molar-refractivity contribution in [3.05, 3.63) is 28.7 Å². The predicted molar refractivity (Wildman–Crippen MR) is 66.4 cm³/mol. The zero-order chi connectivity index (χ0) is 12.5. The number of hydrogen-bond acceptors (Lipinski definition) is 4. The number of aromatic nitrogens is 4. The van der Waals surface area contributed by atoms with Crippen molar-refractivity contribution in [3.63, 3.8) is 0 Å². The van der Waals surface area contributed by atoms with Crippen molar-refractivity contribution in [1.82, 2.24) is 19.9 Å². The molecule has 1 aliphatic rings. The lowest BCUT2D eigenvalue weighted by atomic mass is 10.1. The second-order valence-corrected chi connectivity index (χ2v) is 4.97. The molecule has 0 amide bonds. The van der Waals surface area contributed by atoms with Gasteiger partial charge in [-0.1, -0.05) is 11.6 Å². The molecular weight excluding hydrogens is 228 g/mol. The molecule has 0 atom stereocenters. The Labute approximate surface area is 106 Å². The number of nitrogens with zero attached hydrogens (tertiary/aromatic N) is 4. The van der Waals surface area contributed by atoms with Crippen LogP contribution in [0.4, 0.5) is 0 Å². The molecule has 0 saturated carbocycles. The van der Waals surface area contributed by atoms with Gasteiger partial charge in [0.05, 0.1) is 5.69 Å². The van der Waals surface area contributed by atoms with E-state index < -0.39 is 0 Å². The number of hydrogen-bond donors (Lipinski definition) is 0. The van der Waals surface area contributed by atoms with E-state index in [1.165, 1.54) is 19.3 Å². The van der Waals surface area contributed by atoms with Crippen LogP contribution in [0.15, 0.2) is 4.52 Å². The standard InChI is InChI=1S/C13H18N4O/c1-9-11(10(2)18-16-9)8-13-15-14-12-6-4-3-5-7-17(12)13/h3-8H2,1-2H3. The van der Waals surface area contributed by atoms with Crippen molar-refractivity contribution in [3.8, 4) is 0 Å².